The van der Waals surface area contributed by atoms with Gasteiger partial charge in [-0.05, 0) is 6.07 Å². The lowest BCUT2D eigenvalue weighted by Gasteiger charge is -2.12. The number of aryl methyl sites for hydroxylation is 1. The van der Waals surface area contributed by atoms with Crippen LogP contribution in [0.4, 0.5) is 0 Å². The van der Waals surface area contributed by atoms with Crippen molar-refractivity contribution in [1.29, 1.82) is 0 Å². The Morgan fingerprint density at radius 2 is 2.50 bits per heavy atom. The molecule has 6 heteroatoms. The largest absolute Gasteiger partial charge is 0.472 e. The SMILES string of the molecule is Cn1nncc1C(NN)c1ccoc1. The maximum Gasteiger partial charge on any atom is 0.0954 e. The highest BCUT2D eigenvalue weighted by atomic mass is 16.3. The summed E-state index contributed by atoms with van der Waals surface area (Å²) in [6.07, 6.45) is 4.90. The van der Waals surface area contributed by atoms with E-state index >= 15 is 0 Å². The van der Waals surface area contributed by atoms with Gasteiger partial charge in [0.15, 0.2) is 0 Å². The normalized spacial score (nSPS) is 13.0. The highest BCUT2D eigenvalue weighted by Gasteiger charge is 2.17. The van der Waals surface area contributed by atoms with Crippen molar-refractivity contribution in [2.24, 2.45) is 12.9 Å². The van der Waals surface area contributed by atoms with Crippen LogP contribution in [-0.4, -0.2) is 15.0 Å². The second-order valence-electron chi connectivity index (χ2n) is 2.94. The van der Waals surface area contributed by atoms with Gasteiger partial charge in [0.25, 0.3) is 0 Å². The van der Waals surface area contributed by atoms with Crippen molar-refractivity contribution < 1.29 is 4.42 Å². The number of nitrogens with two attached hydrogens (primary N) is 1. The van der Waals surface area contributed by atoms with Crippen LogP contribution >= 0.6 is 0 Å². The van der Waals surface area contributed by atoms with Crippen molar-refractivity contribution in [3.63, 3.8) is 0 Å². The summed E-state index contributed by atoms with van der Waals surface area (Å²) in [5, 5.41) is 7.62. The van der Waals surface area contributed by atoms with Gasteiger partial charge < -0.3 is 4.42 Å². The topological polar surface area (TPSA) is 81.9 Å². The summed E-state index contributed by atoms with van der Waals surface area (Å²) in [6, 6.07) is 1.70. The highest BCUT2D eigenvalue weighted by Crippen LogP contribution is 2.19. The minimum atomic E-state index is -0.145. The van der Waals surface area contributed by atoms with E-state index < -0.39 is 0 Å². The fourth-order valence-electron chi connectivity index (χ4n) is 1.35. The molecule has 3 N–H and O–H groups in total. The lowest BCUT2D eigenvalue weighted by molar-refractivity contribution is 0.539. The molecule has 0 aliphatic carbocycles. The minimum Gasteiger partial charge on any atom is -0.472 e. The quantitative estimate of drug-likeness (QED) is 0.528. The smallest absolute Gasteiger partial charge is 0.0954 e. The summed E-state index contributed by atoms with van der Waals surface area (Å²) in [5.41, 5.74) is 4.51. The van der Waals surface area contributed by atoms with Gasteiger partial charge in [-0.3, -0.25) is 10.5 Å². The predicted octanol–water partition coefficient (Wildman–Crippen LogP) is -0.0392. The second-order valence-corrected chi connectivity index (χ2v) is 2.94. The van der Waals surface area contributed by atoms with E-state index in [4.69, 9.17) is 10.3 Å². The number of hydrogen-bond donors (Lipinski definition) is 2. The third-order valence-corrected chi connectivity index (χ3v) is 2.09. The Hall–Kier alpha value is -1.66. The molecule has 0 spiro atoms. The van der Waals surface area contributed by atoms with Crippen LogP contribution in [0.15, 0.2) is 29.2 Å². The number of furan rings is 1. The van der Waals surface area contributed by atoms with Gasteiger partial charge in [-0.1, -0.05) is 5.21 Å². The van der Waals surface area contributed by atoms with Gasteiger partial charge in [0.05, 0.1) is 30.5 Å². The standard InChI is InChI=1S/C8H11N5O/c1-13-7(4-10-12-13)8(11-9)6-2-3-14-5-6/h2-5,8,11H,9H2,1H3. The van der Waals surface area contributed by atoms with E-state index in [2.05, 4.69) is 15.7 Å². The van der Waals surface area contributed by atoms with Crippen LogP contribution in [-0.2, 0) is 7.05 Å². The summed E-state index contributed by atoms with van der Waals surface area (Å²) in [5.74, 6) is 5.46. The molecule has 14 heavy (non-hydrogen) atoms. The van der Waals surface area contributed by atoms with Crippen LogP contribution in [0.25, 0.3) is 0 Å². The van der Waals surface area contributed by atoms with Gasteiger partial charge in [-0.15, -0.1) is 5.10 Å². The lowest BCUT2D eigenvalue weighted by atomic mass is 10.1. The first kappa shape index (κ1) is 8.92. The number of hydrazine groups is 1. The third kappa shape index (κ3) is 1.40. The van der Waals surface area contributed by atoms with Crippen molar-refractivity contribution in [2.75, 3.05) is 0 Å². The van der Waals surface area contributed by atoms with Crippen LogP contribution < -0.4 is 11.3 Å². The Balaban J connectivity index is 2.36. The first-order valence-corrected chi connectivity index (χ1v) is 4.15. The molecule has 0 aliphatic rings. The fourth-order valence-corrected chi connectivity index (χ4v) is 1.35. The van der Waals surface area contributed by atoms with Crippen LogP contribution in [0.2, 0.25) is 0 Å². The average molecular weight is 193 g/mol. The monoisotopic (exact) mass is 193 g/mol. The first-order chi connectivity index (χ1) is 6.83. The van der Waals surface area contributed by atoms with E-state index in [0.717, 1.165) is 11.3 Å². The molecule has 0 aliphatic heterocycles. The van der Waals surface area contributed by atoms with Crippen molar-refractivity contribution >= 4 is 0 Å². The summed E-state index contributed by atoms with van der Waals surface area (Å²) in [6.45, 7) is 0. The molecule has 1 atom stereocenters. The van der Waals surface area contributed by atoms with E-state index in [0.29, 0.717) is 0 Å². The Kier molecular flexibility index (Phi) is 2.30. The molecule has 1 unspecified atom stereocenters. The van der Waals surface area contributed by atoms with E-state index in [-0.39, 0.29) is 6.04 Å². The molecule has 6 nitrogen and oxygen atoms in total. The van der Waals surface area contributed by atoms with Gasteiger partial charge in [0.2, 0.25) is 0 Å². The molecule has 0 fully saturated rings. The Morgan fingerprint density at radius 1 is 1.64 bits per heavy atom. The number of aromatic nitrogens is 3. The maximum absolute atomic E-state index is 5.46. The van der Waals surface area contributed by atoms with Crippen molar-refractivity contribution in [1.82, 2.24) is 20.4 Å². The number of nitrogens with zero attached hydrogens (tertiary/aromatic N) is 3. The van der Waals surface area contributed by atoms with Gasteiger partial charge in [0.1, 0.15) is 0 Å². The van der Waals surface area contributed by atoms with Crippen LogP contribution in [0, 0.1) is 0 Å². The number of rotatable bonds is 3. The van der Waals surface area contributed by atoms with Crippen LogP contribution in [0.3, 0.4) is 0 Å². The van der Waals surface area contributed by atoms with Crippen molar-refractivity contribution in [2.45, 2.75) is 6.04 Å². The molecular weight excluding hydrogens is 182 g/mol. The summed E-state index contributed by atoms with van der Waals surface area (Å²) < 4.78 is 6.65. The molecule has 0 saturated heterocycles. The van der Waals surface area contributed by atoms with Gasteiger partial charge in [-0.25, -0.2) is 5.43 Å². The van der Waals surface area contributed by atoms with Gasteiger partial charge in [0, 0.05) is 12.6 Å². The molecule has 0 amide bonds. The molecule has 2 aromatic heterocycles. The van der Waals surface area contributed by atoms with Crippen LogP contribution in [0.5, 0.6) is 0 Å². The van der Waals surface area contributed by atoms with Crippen molar-refractivity contribution in [3.8, 4) is 0 Å². The molecule has 0 bridgehead atoms. The number of nitrogens with one attached hydrogen (secondary N) is 1. The lowest BCUT2D eigenvalue weighted by Crippen LogP contribution is -2.30. The number of hydrogen-bond acceptors (Lipinski definition) is 5. The summed E-state index contributed by atoms with van der Waals surface area (Å²) in [7, 11) is 1.81. The molecule has 0 radical (unpaired) electrons. The molecule has 74 valence electrons. The molecule has 0 aromatic carbocycles. The van der Waals surface area contributed by atoms with Crippen molar-refractivity contribution in [3.05, 3.63) is 36.0 Å². The summed E-state index contributed by atoms with van der Waals surface area (Å²) >= 11 is 0. The highest BCUT2D eigenvalue weighted by molar-refractivity contribution is 5.21. The maximum atomic E-state index is 5.46. The zero-order chi connectivity index (χ0) is 9.97. The van der Waals surface area contributed by atoms with Gasteiger partial charge >= 0.3 is 0 Å². The molecule has 2 heterocycles. The molecule has 2 rings (SSSR count). The van der Waals surface area contributed by atoms with E-state index in [1.165, 1.54) is 0 Å². The average Bonchev–Trinajstić information content (AvgIpc) is 2.80. The first-order valence-electron chi connectivity index (χ1n) is 4.15. The fraction of sp³-hybridized carbons (Fsp3) is 0.250. The van der Waals surface area contributed by atoms with E-state index in [1.54, 1.807) is 23.4 Å². The second kappa shape index (κ2) is 3.60. The Labute approximate surface area is 80.7 Å². The molecule has 0 saturated carbocycles. The third-order valence-electron chi connectivity index (χ3n) is 2.09. The molecule has 2 aromatic rings. The Morgan fingerprint density at radius 3 is 3.00 bits per heavy atom. The zero-order valence-corrected chi connectivity index (χ0v) is 7.71. The predicted molar refractivity (Wildman–Crippen MR) is 48.9 cm³/mol. The van der Waals surface area contributed by atoms with E-state index in [1.807, 2.05) is 13.1 Å². The van der Waals surface area contributed by atoms with Crippen LogP contribution in [0.1, 0.15) is 17.3 Å². The minimum absolute atomic E-state index is 0.145. The summed E-state index contributed by atoms with van der Waals surface area (Å²) in [4.78, 5) is 0. The molecular formula is C8H11N5O. The zero-order valence-electron chi connectivity index (χ0n) is 7.71. The Bertz CT molecular complexity index is 394. The van der Waals surface area contributed by atoms with Gasteiger partial charge in [-0.2, -0.15) is 0 Å². The van der Waals surface area contributed by atoms with E-state index in [9.17, 15) is 0 Å².